The van der Waals surface area contributed by atoms with Crippen molar-refractivity contribution in [2.24, 2.45) is 0 Å². The molecule has 3 heteroatoms. The summed E-state index contributed by atoms with van der Waals surface area (Å²) in [6.07, 6.45) is 4.54. The number of rotatable bonds is 3. The molecule has 0 bridgehead atoms. The molecule has 0 saturated carbocycles. The van der Waals surface area contributed by atoms with E-state index in [0.29, 0.717) is 0 Å². The van der Waals surface area contributed by atoms with Crippen LogP contribution >= 0.6 is 0 Å². The Kier molecular flexibility index (Phi) is 26.2. The molecule has 0 aliphatic carbocycles. The van der Waals surface area contributed by atoms with E-state index in [1.165, 1.54) is 11.1 Å². The van der Waals surface area contributed by atoms with Crippen LogP contribution < -0.4 is 0 Å². The van der Waals surface area contributed by atoms with E-state index in [4.69, 9.17) is 0 Å². The first-order valence-electron chi connectivity index (χ1n) is 9.30. The van der Waals surface area contributed by atoms with E-state index in [0.717, 1.165) is 17.7 Å². The molecule has 0 atom stereocenters. The molecule has 162 valence electrons. The van der Waals surface area contributed by atoms with Gasteiger partial charge in [0.1, 0.15) is 0 Å². The van der Waals surface area contributed by atoms with Gasteiger partial charge in [-0.15, -0.1) is 6.07 Å². The third-order valence-corrected chi connectivity index (χ3v) is 2.97. The fourth-order valence-electron chi connectivity index (χ4n) is 2.10. The summed E-state index contributed by atoms with van der Waals surface area (Å²) in [5.41, 5.74) is 4.47. The van der Waals surface area contributed by atoms with Crippen molar-refractivity contribution in [3.05, 3.63) is 91.1 Å². The summed E-state index contributed by atoms with van der Waals surface area (Å²) in [4.78, 5) is 0. The second-order valence-electron chi connectivity index (χ2n) is 4.55. The normalized spacial score (nSPS) is 7.82. The van der Waals surface area contributed by atoms with Crippen LogP contribution in [0.25, 0.3) is 5.69 Å². The van der Waals surface area contributed by atoms with Gasteiger partial charge >= 0.3 is 0 Å². The van der Waals surface area contributed by atoms with Crippen LogP contribution in [0.15, 0.2) is 54.9 Å². The summed E-state index contributed by atoms with van der Waals surface area (Å²) >= 11 is 0. The van der Waals surface area contributed by atoms with E-state index < -0.39 is 0 Å². The van der Waals surface area contributed by atoms with Gasteiger partial charge in [-0.1, -0.05) is 55.9 Å². The number of benzene rings is 2. The Hall–Kier alpha value is -1.66. The molecule has 0 saturated heterocycles. The van der Waals surface area contributed by atoms with Crippen molar-refractivity contribution in [3.63, 3.8) is 0 Å². The molecule has 0 N–H and O–H groups in total. The number of aromatic nitrogens is 2. The Bertz CT molecular complexity index is 677. The molecule has 0 spiro atoms. The molecule has 1 heterocycles. The molecule has 3 aromatic rings. The molecule has 28 heavy (non-hydrogen) atoms. The summed E-state index contributed by atoms with van der Waals surface area (Å²) < 4.78 is 1.82. The predicted molar refractivity (Wildman–Crippen MR) is 122 cm³/mol. The van der Waals surface area contributed by atoms with E-state index >= 15 is 0 Å². The van der Waals surface area contributed by atoms with Crippen LogP contribution in [-0.4, -0.2) is 9.78 Å². The van der Waals surface area contributed by atoms with Crippen LogP contribution in [0.1, 0.15) is 65.7 Å². The number of aryl methyl sites for hydroxylation is 1. The molecule has 2 aromatic carbocycles. The molecule has 1 aromatic heterocycles. The Labute approximate surface area is 189 Å². The molecule has 0 amide bonds. The van der Waals surface area contributed by atoms with E-state index in [1.54, 1.807) is 6.20 Å². The average Bonchev–Trinajstić information content (AvgIpc) is 3.22. The zero-order valence-corrected chi connectivity index (χ0v) is 20.4. The van der Waals surface area contributed by atoms with Gasteiger partial charge in [-0.3, -0.25) is 4.68 Å². The van der Waals surface area contributed by atoms with Crippen molar-refractivity contribution in [1.82, 2.24) is 9.78 Å². The van der Waals surface area contributed by atoms with E-state index in [9.17, 15) is 0 Å². The minimum atomic E-state index is 0. The standard InChI is InChI=1S/C17H14N2.3C2H6.CH4.CH3.Pt/c1-14-5-2-6-15(11-14)12-16-7-3-8-17(13-16)19-10-4-9-18-19;3*1-2;;;/h2-10H,12H2,1H3;3*1-2H3;1H4;1H3;/q-2;;;;;-1;. The van der Waals surface area contributed by atoms with Crippen LogP contribution in [0.3, 0.4) is 0 Å². The summed E-state index contributed by atoms with van der Waals surface area (Å²) in [5.74, 6) is 0. The zero-order chi connectivity index (χ0) is 19.1. The van der Waals surface area contributed by atoms with Crippen LogP contribution in [0, 0.1) is 26.5 Å². The fourth-order valence-corrected chi connectivity index (χ4v) is 2.10. The molecular formula is C25H39N2Pt-3. The predicted octanol–water partition coefficient (Wildman–Crippen LogP) is 7.53. The fraction of sp³-hybridized carbons (Fsp3) is 0.360. The first-order chi connectivity index (χ1) is 12.3. The monoisotopic (exact) mass is 562 g/mol. The molecule has 0 radical (unpaired) electrons. The molecule has 0 unspecified atom stereocenters. The van der Waals surface area contributed by atoms with Crippen molar-refractivity contribution in [2.75, 3.05) is 0 Å². The Balaban J connectivity index is -0.000000294. The topological polar surface area (TPSA) is 17.8 Å². The number of nitrogens with zero attached hydrogens (tertiary/aromatic N) is 2. The third-order valence-electron chi connectivity index (χ3n) is 2.97. The van der Waals surface area contributed by atoms with E-state index in [-0.39, 0.29) is 35.9 Å². The van der Waals surface area contributed by atoms with Gasteiger partial charge in [-0.2, -0.15) is 64.3 Å². The summed E-state index contributed by atoms with van der Waals surface area (Å²) in [7, 11) is 0. The molecule has 3 rings (SSSR count). The van der Waals surface area contributed by atoms with Gasteiger partial charge in [0.25, 0.3) is 0 Å². The average molecular weight is 563 g/mol. The van der Waals surface area contributed by atoms with Crippen molar-refractivity contribution in [2.45, 2.75) is 62.3 Å². The molecule has 2 nitrogen and oxygen atoms in total. The zero-order valence-electron chi connectivity index (χ0n) is 18.1. The minimum Gasteiger partial charge on any atom is -0.358 e. The Morgan fingerprint density at radius 3 is 1.86 bits per heavy atom. The van der Waals surface area contributed by atoms with Crippen LogP contribution in [0.2, 0.25) is 0 Å². The molecule has 0 aliphatic rings. The number of hydrogen-bond acceptors (Lipinski definition) is 1. The van der Waals surface area contributed by atoms with Gasteiger partial charge < -0.3 is 7.43 Å². The second-order valence-corrected chi connectivity index (χ2v) is 4.55. The van der Waals surface area contributed by atoms with Crippen molar-refractivity contribution in [3.8, 4) is 5.69 Å². The van der Waals surface area contributed by atoms with E-state index in [2.05, 4.69) is 48.4 Å². The quantitative estimate of drug-likeness (QED) is 0.302. The smallest absolute Gasteiger partial charge is 0.0493 e. The first kappa shape index (κ1) is 33.9. The largest absolute Gasteiger partial charge is 0.358 e. The molecular weight excluding hydrogens is 523 g/mol. The van der Waals surface area contributed by atoms with E-state index in [1.807, 2.05) is 70.6 Å². The Morgan fingerprint density at radius 1 is 0.821 bits per heavy atom. The van der Waals surface area contributed by atoms with Crippen LogP contribution in [0.5, 0.6) is 0 Å². The molecule has 0 aliphatic heterocycles. The maximum absolute atomic E-state index is 4.23. The first-order valence-corrected chi connectivity index (χ1v) is 9.30. The second kappa shape index (κ2) is 21.6. The minimum absolute atomic E-state index is 0. The van der Waals surface area contributed by atoms with Gasteiger partial charge in [-0.05, 0) is 18.2 Å². The summed E-state index contributed by atoms with van der Waals surface area (Å²) in [6.45, 7) is 14.1. The van der Waals surface area contributed by atoms with Crippen molar-refractivity contribution >= 4 is 0 Å². The van der Waals surface area contributed by atoms with Crippen LogP contribution in [0.4, 0.5) is 0 Å². The SMILES string of the molecule is C.CC.CC.CC.Cc1[c-]c(Cc2[c-]c(-n3cccn3)ccc2)ccc1.[CH3-].[Pt]. The van der Waals surface area contributed by atoms with Crippen LogP contribution in [-0.2, 0) is 27.5 Å². The summed E-state index contributed by atoms with van der Waals surface area (Å²) in [5, 5.41) is 4.23. The maximum atomic E-state index is 4.23. The maximum Gasteiger partial charge on any atom is 0.0493 e. The van der Waals surface area contributed by atoms with Gasteiger partial charge in [0, 0.05) is 33.5 Å². The van der Waals surface area contributed by atoms with Gasteiger partial charge in [0.05, 0.1) is 0 Å². The molecule has 0 fully saturated rings. The van der Waals surface area contributed by atoms with Crippen molar-refractivity contribution in [1.29, 1.82) is 0 Å². The van der Waals surface area contributed by atoms with Gasteiger partial charge in [0.15, 0.2) is 0 Å². The summed E-state index contributed by atoms with van der Waals surface area (Å²) in [6, 6.07) is 21.0. The van der Waals surface area contributed by atoms with Gasteiger partial charge in [-0.25, -0.2) is 0 Å². The van der Waals surface area contributed by atoms with Gasteiger partial charge in [0.2, 0.25) is 0 Å². The Morgan fingerprint density at radius 2 is 1.36 bits per heavy atom. The third kappa shape index (κ3) is 11.9. The van der Waals surface area contributed by atoms with Crippen molar-refractivity contribution < 1.29 is 21.1 Å². The number of hydrogen-bond donors (Lipinski definition) is 0.